The third-order valence-corrected chi connectivity index (χ3v) is 2.90. The molecule has 1 heterocycles. The van der Waals surface area contributed by atoms with Gasteiger partial charge in [-0.3, -0.25) is 9.48 Å². The van der Waals surface area contributed by atoms with Crippen molar-refractivity contribution in [3.8, 4) is 0 Å². The van der Waals surface area contributed by atoms with Gasteiger partial charge in [0, 0.05) is 13.2 Å². The van der Waals surface area contributed by atoms with Crippen molar-refractivity contribution in [1.82, 2.24) is 9.78 Å². The average Bonchev–Trinajstić information content (AvgIpc) is 2.68. The Balaban J connectivity index is 2.55. The first-order chi connectivity index (χ1) is 8.11. The van der Waals surface area contributed by atoms with Crippen molar-refractivity contribution in [1.29, 1.82) is 0 Å². The molecule has 0 amide bonds. The summed E-state index contributed by atoms with van der Waals surface area (Å²) in [6, 6.07) is 9.27. The van der Waals surface area contributed by atoms with Crippen molar-refractivity contribution >= 4 is 5.97 Å². The van der Waals surface area contributed by atoms with Gasteiger partial charge in [-0.1, -0.05) is 24.3 Å². The maximum atomic E-state index is 11.5. The third-order valence-electron chi connectivity index (χ3n) is 2.90. The third kappa shape index (κ3) is 2.06. The van der Waals surface area contributed by atoms with Crippen LogP contribution in [0, 0.1) is 6.92 Å². The number of hydrogen-bond acceptors (Lipinski definition) is 2. The molecular weight excluding hydrogens is 216 g/mol. The van der Waals surface area contributed by atoms with E-state index in [2.05, 4.69) is 5.10 Å². The zero-order valence-corrected chi connectivity index (χ0v) is 9.79. The second-order valence-corrected chi connectivity index (χ2v) is 4.01. The Bertz CT molecular complexity index is 546. The van der Waals surface area contributed by atoms with Crippen LogP contribution in [0.4, 0.5) is 0 Å². The first-order valence-corrected chi connectivity index (χ1v) is 5.37. The normalized spacial score (nSPS) is 12.4. The number of carboxylic acids is 1. The van der Waals surface area contributed by atoms with Crippen LogP contribution in [-0.4, -0.2) is 20.9 Å². The number of hydrogen-bond donors (Lipinski definition) is 1. The van der Waals surface area contributed by atoms with Crippen LogP contribution in [0.5, 0.6) is 0 Å². The van der Waals surface area contributed by atoms with E-state index < -0.39 is 11.9 Å². The van der Waals surface area contributed by atoms with Gasteiger partial charge in [0.05, 0.1) is 5.69 Å². The molecule has 0 aliphatic heterocycles. The van der Waals surface area contributed by atoms with Crippen molar-refractivity contribution in [3.05, 3.63) is 53.3 Å². The van der Waals surface area contributed by atoms with E-state index in [-0.39, 0.29) is 0 Å². The van der Waals surface area contributed by atoms with E-state index in [0.717, 1.165) is 11.1 Å². The van der Waals surface area contributed by atoms with Crippen molar-refractivity contribution in [3.63, 3.8) is 0 Å². The molecule has 0 bridgehead atoms. The molecular formula is C13H14N2O2. The van der Waals surface area contributed by atoms with Crippen LogP contribution >= 0.6 is 0 Å². The summed E-state index contributed by atoms with van der Waals surface area (Å²) in [6.07, 6.45) is 1.61. The summed E-state index contributed by atoms with van der Waals surface area (Å²) in [5, 5.41) is 13.4. The molecule has 0 radical (unpaired) electrons. The van der Waals surface area contributed by atoms with Gasteiger partial charge in [0.2, 0.25) is 0 Å². The lowest BCUT2D eigenvalue weighted by Crippen LogP contribution is -2.17. The highest BCUT2D eigenvalue weighted by molar-refractivity contribution is 5.80. The number of carboxylic acid groups (broad SMARTS) is 1. The molecule has 0 spiro atoms. The first kappa shape index (κ1) is 11.4. The Kier molecular flexibility index (Phi) is 2.95. The summed E-state index contributed by atoms with van der Waals surface area (Å²) in [7, 11) is 1.75. The number of rotatable bonds is 3. The molecule has 2 aromatic rings. The summed E-state index contributed by atoms with van der Waals surface area (Å²) >= 11 is 0. The Morgan fingerprint density at radius 3 is 2.59 bits per heavy atom. The van der Waals surface area contributed by atoms with E-state index >= 15 is 0 Å². The Morgan fingerprint density at radius 2 is 2.06 bits per heavy atom. The molecule has 1 unspecified atom stereocenters. The van der Waals surface area contributed by atoms with E-state index in [9.17, 15) is 9.90 Å². The van der Waals surface area contributed by atoms with E-state index in [1.165, 1.54) is 0 Å². The van der Waals surface area contributed by atoms with Gasteiger partial charge in [-0.15, -0.1) is 0 Å². The highest BCUT2D eigenvalue weighted by atomic mass is 16.4. The molecule has 88 valence electrons. The maximum absolute atomic E-state index is 11.5. The minimum absolute atomic E-state index is 0.663. The lowest BCUT2D eigenvalue weighted by Gasteiger charge is -2.15. The smallest absolute Gasteiger partial charge is 0.317 e. The number of aliphatic carboxylic acids is 1. The van der Waals surface area contributed by atoms with Crippen molar-refractivity contribution in [2.75, 3.05) is 0 Å². The number of benzene rings is 1. The van der Waals surface area contributed by atoms with Gasteiger partial charge in [0.25, 0.3) is 0 Å². The van der Waals surface area contributed by atoms with Crippen LogP contribution in [0.1, 0.15) is 22.7 Å². The SMILES string of the molecule is Cc1ccccc1C(C(=O)O)c1ccnn1C. The summed E-state index contributed by atoms with van der Waals surface area (Å²) in [4.78, 5) is 11.5. The molecule has 0 aliphatic carbocycles. The van der Waals surface area contributed by atoms with E-state index in [0.29, 0.717) is 5.69 Å². The molecule has 1 aromatic carbocycles. The molecule has 0 fully saturated rings. The highest BCUT2D eigenvalue weighted by Crippen LogP contribution is 2.26. The van der Waals surface area contributed by atoms with Crippen molar-refractivity contribution in [2.24, 2.45) is 7.05 Å². The van der Waals surface area contributed by atoms with Crippen LogP contribution in [0.15, 0.2) is 36.5 Å². The van der Waals surface area contributed by atoms with Crippen LogP contribution in [0.3, 0.4) is 0 Å². The minimum atomic E-state index is -0.858. The fraction of sp³-hybridized carbons (Fsp3) is 0.231. The molecule has 4 nitrogen and oxygen atoms in total. The molecule has 4 heteroatoms. The van der Waals surface area contributed by atoms with Gasteiger partial charge in [-0.2, -0.15) is 5.10 Å². The van der Waals surface area contributed by atoms with Crippen LogP contribution in [-0.2, 0) is 11.8 Å². The van der Waals surface area contributed by atoms with Gasteiger partial charge in [-0.05, 0) is 24.1 Å². The van der Waals surface area contributed by atoms with Gasteiger partial charge in [-0.25, -0.2) is 0 Å². The van der Waals surface area contributed by atoms with Crippen molar-refractivity contribution < 1.29 is 9.90 Å². The summed E-state index contributed by atoms with van der Waals surface area (Å²) < 4.78 is 1.60. The quantitative estimate of drug-likeness (QED) is 0.876. The topological polar surface area (TPSA) is 55.1 Å². The summed E-state index contributed by atoms with van der Waals surface area (Å²) in [6.45, 7) is 1.92. The second-order valence-electron chi connectivity index (χ2n) is 4.01. The molecule has 0 saturated carbocycles. The van der Waals surface area contributed by atoms with Crippen molar-refractivity contribution in [2.45, 2.75) is 12.8 Å². The number of aryl methyl sites for hydroxylation is 2. The zero-order chi connectivity index (χ0) is 12.4. The number of aromatic nitrogens is 2. The van der Waals surface area contributed by atoms with Gasteiger partial charge < -0.3 is 5.11 Å². The molecule has 0 saturated heterocycles. The first-order valence-electron chi connectivity index (χ1n) is 5.37. The largest absolute Gasteiger partial charge is 0.480 e. The Morgan fingerprint density at radius 1 is 1.35 bits per heavy atom. The number of nitrogens with zero attached hydrogens (tertiary/aromatic N) is 2. The van der Waals surface area contributed by atoms with Gasteiger partial charge >= 0.3 is 5.97 Å². The summed E-state index contributed by atoms with van der Waals surface area (Å²) in [5.74, 6) is -1.52. The van der Waals surface area contributed by atoms with E-state index in [4.69, 9.17) is 0 Å². The zero-order valence-electron chi connectivity index (χ0n) is 9.79. The molecule has 0 aliphatic rings. The highest BCUT2D eigenvalue weighted by Gasteiger charge is 2.25. The predicted molar refractivity (Wildman–Crippen MR) is 63.9 cm³/mol. The fourth-order valence-corrected chi connectivity index (χ4v) is 2.00. The fourth-order valence-electron chi connectivity index (χ4n) is 2.00. The van der Waals surface area contributed by atoms with Gasteiger partial charge in [0.15, 0.2) is 0 Å². The standard InChI is InChI=1S/C13H14N2O2/c1-9-5-3-4-6-10(9)12(13(16)17)11-7-8-14-15(11)2/h3-8,12H,1-2H3,(H,16,17). The second kappa shape index (κ2) is 4.41. The van der Waals surface area contributed by atoms with Gasteiger partial charge in [0.1, 0.15) is 5.92 Å². The van der Waals surface area contributed by atoms with E-state index in [1.807, 2.05) is 31.2 Å². The molecule has 1 N–H and O–H groups in total. The average molecular weight is 230 g/mol. The minimum Gasteiger partial charge on any atom is -0.480 e. The summed E-state index contributed by atoms with van der Waals surface area (Å²) in [5.41, 5.74) is 2.47. The van der Waals surface area contributed by atoms with E-state index in [1.54, 1.807) is 24.0 Å². The van der Waals surface area contributed by atoms with Crippen LogP contribution < -0.4 is 0 Å². The molecule has 1 aromatic heterocycles. The predicted octanol–water partition coefficient (Wildman–Crippen LogP) is 1.95. The lowest BCUT2D eigenvalue weighted by molar-refractivity contribution is -0.137. The monoisotopic (exact) mass is 230 g/mol. The molecule has 2 rings (SSSR count). The molecule has 1 atom stereocenters. The Labute approximate surface area is 99.5 Å². The Hall–Kier alpha value is -2.10. The number of carbonyl (C=O) groups is 1. The van der Waals surface area contributed by atoms with Crippen LogP contribution in [0.25, 0.3) is 0 Å². The lowest BCUT2D eigenvalue weighted by atomic mass is 9.92. The maximum Gasteiger partial charge on any atom is 0.317 e. The van der Waals surface area contributed by atoms with Crippen LogP contribution in [0.2, 0.25) is 0 Å². The molecule has 17 heavy (non-hydrogen) atoms.